The van der Waals surface area contributed by atoms with Gasteiger partial charge in [-0.2, -0.15) is 0 Å². The molecular weight excluding hydrogens is 286 g/mol. The number of halogens is 6. The van der Waals surface area contributed by atoms with Gasteiger partial charge in [0.25, 0.3) is 6.43 Å². The molecule has 2 nitrogen and oxygen atoms in total. The minimum Gasteiger partial charge on any atom is -0.314 e. The fourth-order valence-corrected chi connectivity index (χ4v) is 2.28. The Labute approximate surface area is 111 Å². The SMILES string of the molecule is Fc1cc(F)c(F)c([C@@H](C(F)F)N2CCNCC2)c1F. The summed E-state index contributed by atoms with van der Waals surface area (Å²) in [6, 6.07) is -2.00. The van der Waals surface area contributed by atoms with E-state index >= 15 is 0 Å². The van der Waals surface area contributed by atoms with Gasteiger partial charge in [0.05, 0.1) is 5.56 Å². The molecule has 1 N–H and O–H groups in total. The molecular formula is C12H12F6N2. The molecule has 1 fully saturated rings. The molecule has 1 aromatic carbocycles. The molecule has 0 spiro atoms. The third-order valence-corrected chi connectivity index (χ3v) is 3.23. The Morgan fingerprint density at radius 2 is 1.45 bits per heavy atom. The van der Waals surface area contributed by atoms with Crippen LogP contribution in [0.1, 0.15) is 11.6 Å². The summed E-state index contributed by atoms with van der Waals surface area (Å²) in [5.74, 6) is -6.90. The van der Waals surface area contributed by atoms with Crippen LogP contribution in [-0.4, -0.2) is 37.5 Å². The molecule has 0 bridgehead atoms. The third kappa shape index (κ3) is 2.76. The molecule has 1 heterocycles. The van der Waals surface area contributed by atoms with Gasteiger partial charge in [0, 0.05) is 32.2 Å². The summed E-state index contributed by atoms with van der Waals surface area (Å²) in [7, 11) is 0. The average Bonchev–Trinajstić information content (AvgIpc) is 2.42. The molecule has 0 amide bonds. The summed E-state index contributed by atoms with van der Waals surface area (Å²) in [4.78, 5) is 1.11. The summed E-state index contributed by atoms with van der Waals surface area (Å²) in [6.07, 6.45) is -3.17. The van der Waals surface area contributed by atoms with Crippen LogP contribution in [0.15, 0.2) is 6.07 Å². The molecule has 1 aromatic rings. The average molecular weight is 298 g/mol. The van der Waals surface area contributed by atoms with Crippen molar-refractivity contribution in [3.8, 4) is 0 Å². The molecule has 0 aliphatic carbocycles. The van der Waals surface area contributed by atoms with Gasteiger partial charge in [-0.1, -0.05) is 0 Å². The minimum absolute atomic E-state index is 0.00839. The van der Waals surface area contributed by atoms with Gasteiger partial charge in [0.2, 0.25) is 0 Å². The lowest BCUT2D eigenvalue weighted by Crippen LogP contribution is -2.47. The monoisotopic (exact) mass is 298 g/mol. The lowest BCUT2D eigenvalue weighted by molar-refractivity contribution is 0.0138. The van der Waals surface area contributed by atoms with Crippen LogP contribution in [0.25, 0.3) is 0 Å². The van der Waals surface area contributed by atoms with Gasteiger partial charge >= 0.3 is 0 Å². The summed E-state index contributed by atoms with van der Waals surface area (Å²) >= 11 is 0. The van der Waals surface area contributed by atoms with Crippen LogP contribution >= 0.6 is 0 Å². The Hall–Kier alpha value is -1.28. The first-order valence-corrected chi connectivity index (χ1v) is 5.99. The second-order valence-electron chi connectivity index (χ2n) is 4.45. The maximum absolute atomic E-state index is 13.7. The Morgan fingerprint density at radius 1 is 0.950 bits per heavy atom. The van der Waals surface area contributed by atoms with E-state index in [1.165, 1.54) is 0 Å². The number of alkyl halides is 2. The lowest BCUT2D eigenvalue weighted by Gasteiger charge is -2.34. The Balaban J connectivity index is 2.49. The van der Waals surface area contributed by atoms with E-state index in [1.807, 2.05) is 0 Å². The predicted octanol–water partition coefficient (Wildman–Crippen LogP) is 2.45. The molecule has 1 atom stereocenters. The van der Waals surface area contributed by atoms with Crippen LogP contribution in [0.3, 0.4) is 0 Å². The van der Waals surface area contributed by atoms with Gasteiger partial charge in [-0.15, -0.1) is 0 Å². The van der Waals surface area contributed by atoms with Gasteiger partial charge in [0.1, 0.15) is 6.04 Å². The fourth-order valence-electron chi connectivity index (χ4n) is 2.28. The minimum atomic E-state index is -3.17. The highest BCUT2D eigenvalue weighted by molar-refractivity contribution is 5.26. The molecule has 2 rings (SSSR count). The molecule has 1 saturated heterocycles. The van der Waals surface area contributed by atoms with Crippen LogP contribution in [-0.2, 0) is 0 Å². The summed E-state index contributed by atoms with van der Waals surface area (Å²) < 4.78 is 79.9. The van der Waals surface area contributed by atoms with Gasteiger partial charge in [-0.3, -0.25) is 4.90 Å². The molecule has 20 heavy (non-hydrogen) atoms. The van der Waals surface area contributed by atoms with Gasteiger partial charge in [0.15, 0.2) is 23.3 Å². The normalized spacial score (nSPS) is 18.6. The van der Waals surface area contributed by atoms with Gasteiger partial charge < -0.3 is 5.32 Å². The van der Waals surface area contributed by atoms with E-state index in [9.17, 15) is 26.3 Å². The molecule has 0 unspecified atom stereocenters. The van der Waals surface area contributed by atoms with E-state index in [4.69, 9.17) is 0 Å². The molecule has 0 radical (unpaired) electrons. The molecule has 1 aliphatic heterocycles. The summed E-state index contributed by atoms with van der Waals surface area (Å²) in [5.41, 5.74) is -1.25. The van der Waals surface area contributed by atoms with Crippen molar-refractivity contribution in [2.24, 2.45) is 0 Å². The van der Waals surface area contributed by atoms with Gasteiger partial charge in [-0.05, 0) is 0 Å². The topological polar surface area (TPSA) is 15.3 Å². The molecule has 112 valence electrons. The van der Waals surface area contributed by atoms with Crippen molar-refractivity contribution in [2.45, 2.75) is 12.5 Å². The Kier molecular flexibility index (Phi) is 4.54. The second kappa shape index (κ2) is 6.01. The largest absolute Gasteiger partial charge is 0.314 e. The third-order valence-electron chi connectivity index (χ3n) is 3.23. The Bertz CT molecular complexity index is 461. The first-order valence-electron chi connectivity index (χ1n) is 5.99. The standard InChI is InChI=1S/C12H12F6N2/c13-6-5-7(14)10(16)8(9(6)15)11(12(17)18)20-3-1-19-2-4-20/h5,11-12,19H,1-4H2/t11-/m0/s1. The van der Waals surface area contributed by atoms with E-state index in [0.717, 1.165) is 4.90 Å². The fraction of sp³-hybridized carbons (Fsp3) is 0.500. The van der Waals surface area contributed by atoms with Crippen molar-refractivity contribution in [1.29, 1.82) is 0 Å². The number of nitrogens with zero attached hydrogens (tertiary/aromatic N) is 1. The number of piperazine rings is 1. The number of rotatable bonds is 3. The molecule has 0 aromatic heterocycles. The van der Waals surface area contributed by atoms with Crippen molar-refractivity contribution in [2.75, 3.05) is 26.2 Å². The maximum Gasteiger partial charge on any atom is 0.258 e. The van der Waals surface area contributed by atoms with E-state index < -0.39 is 41.3 Å². The first kappa shape index (κ1) is 15.1. The van der Waals surface area contributed by atoms with Crippen molar-refractivity contribution in [3.05, 3.63) is 34.9 Å². The van der Waals surface area contributed by atoms with Crippen LogP contribution in [0.5, 0.6) is 0 Å². The number of benzene rings is 1. The summed E-state index contributed by atoms with van der Waals surface area (Å²) in [6.45, 7) is 0.909. The number of hydrogen-bond acceptors (Lipinski definition) is 2. The van der Waals surface area contributed by atoms with Crippen molar-refractivity contribution in [3.63, 3.8) is 0 Å². The smallest absolute Gasteiger partial charge is 0.258 e. The van der Waals surface area contributed by atoms with Gasteiger partial charge in [-0.25, -0.2) is 26.3 Å². The quantitative estimate of drug-likeness (QED) is 0.681. The summed E-state index contributed by atoms with van der Waals surface area (Å²) in [5, 5.41) is 2.89. The lowest BCUT2D eigenvalue weighted by atomic mass is 10.0. The molecule has 1 aliphatic rings. The second-order valence-corrected chi connectivity index (χ2v) is 4.45. The highest BCUT2D eigenvalue weighted by atomic mass is 19.3. The highest BCUT2D eigenvalue weighted by Crippen LogP contribution is 2.33. The van der Waals surface area contributed by atoms with Crippen molar-refractivity contribution >= 4 is 0 Å². The predicted molar refractivity (Wildman–Crippen MR) is 59.5 cm³/mol. The number of nitrogens with one attached hydrogen (secondary N) is 1. The van der Waals surface area contributed by atoms with E-state index in [2.05, 4.69) is 5.32 Å². The van der Waals surface area contributed by atoms with Crippen LogP contribution < -0.4 is 5.32 Å². The van der Waals surface area contributed by atoms with Crippen molar-refractivity contribution < 1.29 is 26.3 Å². The molecule has 8 heteroatoms. The molecule has 0 saturated carbocycles. The maximum atomic E-state index is 13.7. The van der Waals surface area contributed by atoms with E-state index in [0.29, 0.717) is 13.1 Å². The van der Waals surface area contributed by atoms with Crippen molar-refractivity contribution in [1.82, 2.24) is 10.2 Å². The highest BCUT2D eigenvalue weighted by Gasteiger charge is 2.36. The number of hydrogen-bond donors (Lipinski definition) is 1. The van der Waals surface area contributed by atoms with E-state index in [-0.39, 0.29) is 19.2 Å². The van der Waals surface area contributed by atoms with Crippen LogP contribution in [0.2, 0.25) is 0 Å². The van der Waals surface area contributed by atoms with Crippen LogP contribution in [0.4, 0.5) is 26.3 Å². The van der Waals surface area contributed by atoms with E-state index in [1.54, 1.807) is 0 Å². The van der Waals surface area contributed by atoms with Crippen LogP contribution in [0, 0.1) is 23.3 Å². The zero-order chi connectivity index (χ0) is 14.9. The Morgan fingerprint density at radius 3 is 1.90 bits per heavy atom. The zero-order valence-electron chi connectivity index (χ0n) is 10.3. The first-order chi connectivity index (χ1) is 9.43. The zero-order valence-corrected chi connectivity index (χ0v) is 10.3.